The normalized spacial score (nSPS) is 10.2. The smallest absolute Gasteiger partial charge is 0.107 e. The quantitative estimate of drug-likeness (QED) is 0.547. The van der Waals surface area contributed by atoms with Gasteiger partial charge in [0.25, 0.3) is 0 Å². The van der Waals surface area contributed by atoms with Crippen LogP contribution in [0.2, 0.25) is 6.82 Å². The Morgan fingerprint density at radius 1 is 1.17 bits per heavy atom. The van der Waals surface area contributed by atoms with Crippen molar-refractivity contribution in [2.45, 2.75) is 53.8 Å². The standard InChI is InChI=1S/C11H23B/c1-6-10(7-2)8-11(12-5)9(3)4/h10,12H,6-8H2,1-5H3. The Morgan fingerprint density at radius 3 is 1.92 bits per heavy atom. The zero-order valence-electron chi connectivity index (χ0n) is 9.41. The summed E-state index contributed by atoms with van der Waals surface area (Å²) in [5.41, 5.74) is 3.20. The van der Waals surface area contributed by atoms with E-state index >= 15 is 0 Å². The molecular weight excluding hydrogens is 143 g/mol. The van der Waals surface area contributed by atoms with Gasteiger partial charge in [-0.15, -0.1) is 5.47 Å². The predicted octanol–water partition coefficient (Wildman–Crippen LogP) is 3.59. The summed E-state index contributed by atoms with van der Waals surface area (Å²) >= 11 is 0. The van der Waals surface area contributed by atoms with Crippen LogP contribution in [0.25, 0.3) is 0 Å². The molecule has 0 radical (unpaired) electrons. The second-order valence-corrected chi connectivity index (χ2v) is 3.84. The summed E-state index contributed by atoms with van der Waals surface area (Å²) in [5.74, 6) is 0.912. The van der Waals surface area contributed by atoms with Crippen LogP contribution in [0.1, 0.15) is 47.0 Å². The van der Waals surface area contributed by atoms with Crippen LogP contribution in [0.3, 0.4) is 0 Å². The van der Waals surface area contributed by atoms with Gasteiger partial charge in [0.15, 0.2) is 0 Å². The van der Waals surface area contributed by atoms with Crippen molar-refractivity contribution in [3.8, 4) is 0 Å². The van der Waals surface area contributed by atoms with Gasteiger partial charge in [0.05, 0.1) is 0 Å². The first-order valence-electron chi connectivity index (χ1n) is 5.30. The van der Waals surface area contributed by atoms with Gasteiger partial charge in [0.2, 0.25) is 0 Å². The summed E-state index contributed by atoms with van der Waals surface area (Å²) in [5, 5.41) is 0. The van der Waals surface area contributed by atoms with Crippen molar-refractivity contribution in [2.24, 2.45) is 5.92 Å². The van der Waals surface area contributed by atoms with Gasteiger partial charge in [0.1, 0.15) is 7.28 Å². The number of hydrogen-bond donors (Lipinski definition) is 0. The first-order valence-corrected chi connectivity index (χ1v) is 5.30. The fourth-order valence-electron chi connectivity index (χ4n) is 1.63. The molecule has 0 aromatic rings. The van der Waals surface area contributed by atoms with Gasteiger partial charge in [0, 0.05) is 0 Å². The van der Waals surface area contributed by atoms with E-state index in [0.29, 0.717) is 0 Å². The summed E-state index contributed by atoms with van der Waals surface area (Å²) in [6.07, 6.45) is 3.98. The molecule has 12 heavy (non-hydrogen) atoms. The molecule has 1 heteroatoms. The highest BCUT2D eigenvalue weighted by molar-refractivity contribution is 6.43. The second kappa shape index (κ2) is 6.34. The van der Waals surface area contributed by atoms with Crippen LogP contribution in [0.15, 0.2) is 11.0 Å². The largest absolute Gasteiger partial charge is 0.149 e. The third-order valence-electron chi connectivity index (χ3n) is 2.82. The van der Waals surface area contributed by atoms with Crippen LogP contribution in [0.4, 0.5) is 0 Å². The lowest BCUT2D eigenvalue weighted by Gasteiger charge is -2.15. The lowest BCUT2D eigenvalue weighted by atomic mass is 9.66. The van der Waals surface area contributed by atoms with Gasteiger partial charge >= 0.3 is 0 Å². The molecular formula is C11H23B. The molecule has 0 bridgehead atoms. The van der Waals surface area contributed by atoms with E-state index < -0.39 is 0 Å². The molecule has 0 aliphatic heterocycles. The molecule has 0 aliphatic carbocycles. The lowest BCUT2D eigenvalue weighted by molar-refractivity contribution is 0.494. The molecule has 0 aromatic carbocycles. The molecule has 0 heterocycles. The van der Waals surface area contributed by atoms with E-state index in [4.69, 9.17) is 0 Å². The zero-order valence-corrected chi connectivity index (χ0v) is 9.41. The van der Waals surface area contributed by atoms with E-state index in [-0.39, 0.29) is 0 Å². The number of rotatable bonds is 5. The highest BCUT2D eigenvalue weighted by Gasteiger charge is 2.06. The summed E-state index contributed by atoms with van der Waals surface area (Å²) in [6, 6.07) is 0. The van der Waals surface area contributed by atoms with Crippen LogP contribution >= 0.6 is 0 Å². The summed E-state index contributed by atoms with van der Waals surface area (Å²) < 4.78 is 0. The molecule has 70 valence electrons. The number of hydrogen-bond acceptors (Lipinski definition) is 0. The Hall–Kier alpha value is -0.195. The minimum absolute atomic E-state index is 0.912. The maximum atomic E-state index is 2.30. The fraction of sp³-hybridized carbons (Fsp3) is 0.818. The van der Waals surface area contributed by atoms with Gasteiger partial charge < -0.3 is 0 Å². The minimum atomic E-state index is 0.912. The third-order valence-corrected chi connectivity index (χ3v) is 2.82. The average Bonchev–Trinajstić information content (AvgIpc) is 2.06. The van der Waals surface area contributed by atoms with Crippen LogP contribution < -0.4 is 0 Å². The summed E-state index contributed by atoms with van der Waals surface area (Å²) in [4.78, 5) is 0. The summed E-state index contributed by atoms with van der Waals surface area (Å²) in [7, 11) is 1.23. The molecule has 0 atom stereocenters. The van der Waals surface area contributed by atoms with E-state index in [1.54, 1.807) is 5.47 Å². The van der Waals surface area contributed by atoms with E-state index in [1.807, 2.05) is 0 Å². The van der Waals surface area contributed by atoms with E-state index in [9.17, 15) is 0 Å². The van der Waals surface area contributed by atoms with Crippen molar-refractivity contribution in [2.75, 3.05) is 0 Å². The van der Waals surface area contributed by atoms with E-state index in [2.05, 4.69) is 34.5 Å². The Kier molecular flexibility index (Phi) is 6.23. The molecule has 0 saturated carbocycles. The van der Waals surface area contributed by atoms with Crippen molar-refractivity contribution >= 4 is 7.28 Å². The van der Waals surface area contributed by atoms with Gasteiger partial charge in [-0.25, -0.2) is 0 Å². The van der Waals surface area contributed by atoms with Crippen molar-refractivity contribution < 1.29 is 0 Å². The molecule has 0 nitrogen and oxygen atoms in total. The maximum Gasteiger partial charge on any atom is 0.149 e. The molecule has 0 unspecified atom stereocenters. The molecule has 0 aliphatic rings. The van der Waals surface area contributed by atoms with Gasteiger partial charge in [-0.2, -0.15) is 0 Å². The SMILES string of the molecule is CBC(CC(CC)CC)=C(C)C. The second-order valence-electron chi connectivity index (χ2n) is 3.84. The topological polar surface area (TPSA) is 0 Å². The molecule has 0 aromatic heterocycles. The molecule has 0 N–H and O–H groups in total. The zero-order chi connectivity index (χ0) is 9.56. The van der Waals surface area contributed by atoms with Gasteiger partial charge in [-0.3, -0.25) is 0 Å². The van der Waals surface area contributed by atoms with E-state index in [0.717, 1.165) is 5.92 Å². The van der Waals surface area contributed by atoms with Crippen LogP contribution in [0, 0.1) is 5.92 Å². The minimum Gasteiger partial charge on any atom is -0.107 e. The molecule has 0 amide bonds. The van der Waals surface area contributed by atoms with Gasteiger partial charge in [-0.1, -0.05) is 39.1 Å². The Bertz CT molecular complexity index is 139. The Morgan fingerprint density at radius 2 is 1.67 bits per heavy atom. The third kappa shape index (κ3) is 3.99. The van der Waals surface area contributed by atoms with Crippen LogP contribution in [0.5, 0.6) is 0 Å². The lowest BCUT2D eigenvalue weighted by Crippen LogP contribution is -2.03. The molecule has 0 saturated heterocycles. The van der Waals surface area contributed by atoms with Crippen molar-refractivity contribution in [3.63, 3.8) is 0 Å². The first-order chi connectivity index (χ1) is 5.65. The van der Waals surface area contributed by atoms with Crippen molar-refractivity contribution in [1.29, 1.82) is 0 Å². The molecule has 0 fully saturated rings. The number of allylic oxidation sites excluding steroid dienone is 2. The highest BCUT2D eigenvalue weighted by atomic mass is 14.1. The molecule has 0 spiro atoms. The van der Waals surface area contributed by atoms with Crippen molar-refractivity contribution in [1.82, 2.24) is 0 Å². The monoisotopic (exact) mass is 166 g/mol. The highest BCUT2D eigenvalue weighted by Crippen LogP contribution is 2.19. The van der Waals surface area contributed by atoms with Crippen LogP contribution in [-0.4, -0.2) is 7.28 Å². The van der Waals surface area contributed by atoms with E-state index in [1.165, 1.54) is 32.1 Å². The predicted molar refractivity (Wildman–Crippen MR) is 60.1 cm³/mol. The van der Waals surface area contributed by atoms with Crippen molar-refractivity contribution in [3.05, 3.63) is 11.0 Å². The molecule has 0 rings (SSSR count). The maximum absolute atomic E-state index is 2.30. The fourth-order valence-corrected chi connectivity index (χ4v) is 1.63. The average molecular weight is 166 g/mol. The Balaban J connectivity index is 4.10. The Labute approximate surface area is 78.7 Å². The van der Waals surface area contributed by atoms with Gasteiger partial charge in [-0.05, 0) is 26.2 Å². The van der Waals surface area contributed by atoms with Crippen LogP contribution in [-0.2, 0) is 0 Å². The first kappa shape index (κ1) is 11.8. The summed E-state index contributed by atoms with van der Waals surface area (Å²) in [6.45, 7) is 11.3.